The molecule has 2 N–H and O–H groups in total. The number of hydrogen-bond donors (Lipinski definition) is 1. The van der Waals surface area contributed by atoms with E-state index in [9.17, 15) is 0 Å². The van der Waals surface area contributed by atoms with Crippen molar-refractivity contribution in [2.75, 3.05) is 0 Å². The third kappa shape index (κ3) is 4.69. The van der Waals surface area contributed by atoms with Gasteiger partial charge >= 0.3 is 0 Å². The standard InChI is InChI=1S/C15H24ClN/c1-3-5-8-12(4-2)11-15(17)13-9-6-7-10-14(13)16/h6-7,9-10,12,15H,3-5,8,11,17H2,1-2H3. The van der Waals surface area contributed by atoms with Crippen molar-refractivity contribution in [1.82, 2.24) is 0 Å². The molecular formula is C15H24ClN. The molecule has 2 atom stereocenters. The van der Waals surface area contributed by atoms with Crippen molar-refractivity contribution in [2.45, 2.75) is 52.0 Å². The van der Waals surface area contributed by atoms with Crippen LogP contribution in [-0.2, 0) is 0 Å². The van der Waals surface area contributed by atoms with E-state index in [2.05, 4.69) is 13.8 Å². The van der Waals surface area contributed by atoms with Gasteiger partial charge in [-0.2, -0.15) is 0 Å². The zero-order chi connectivity index (χ0) is 12.7. The summed E-state index contributed by atoms with van der Waals surface area (Å²) in [6.07, 6.45) is 6.09. The predicted molar refractivity (Wildman–Crippen MR) is 76.3 cm³/mol. The third-order valence-corrected chi connectivity index (χ3v) is 3.78. The molecule has 0 saturated heterocycles. The minimum Gasteiger partial charge on any atom is -0.324 e. The van der Waals surface area contributed by atoms with E-state index >= 15 is 0 Å². The van der Waals surface area contributed by atoms with E-state index < -0.39 is 0 Å². The second-order valence-corrected chi connectivity index (χ2v) is 5.19. The topological polar surface area (TPSA) is 26.0 Å². The first-order chi connectivity index (χ1) is 8.19. The van der Waals surface area contributed by atoms with E-state index in [1.54, 1.807) is 0 Å². The van der Waals surface area contributed by atoms with Crippen molar-refractivity contribution in [2.24, 2.45) is 11.7 Å². The second-order valence-electron chi connectivity index (χ2n) is 4.78. The number of nitrogens with two attached hydrogens (primary N) is 1. The summed E-state index contributed by atoms with van der Waals surface area (Å²) < 4.78 is 0. The Kier molecular flexibility index (Phi) is 6.61. The van der Waals surface area contributed by atoms with Crippen LogP contribution in [0.2, 0.25) is 5.02 Å². The van der Waals surface area contributed by atoms with Gasteiger partial charge in [0, 0.05) is 11.1 Å². The first-order valence-electron chi connectivity index (χ1n) is 6.69. The molecule has 96 valence electrons. The Morgan fingerprint density at radius 3 is 2.53 bits per heavy atom. The van der Waals surface area contributed by atoms with Crippen molar-refractivity contribution >= 4 is 11.6 Å². The summed E-state index contributed by atoms with van der Waals surface area (Å²) in [5, 5.41) is 0.797. The minimum atomic E-state index is 0.0745. The summed E-state index contributed by atoms with van der Waals surface area (Å²) in [6, 6.07) is 8.00. The maximum Gasteiger partial charge on any atom is 0.0453 e. The van der Waals surface area contributed by atoms with Gasteiger partial charge in [-0.25, -0.2) is 0 Å². The van der Waals surface area contributed by atoms with Gasteiger partial charge in [-0.3, -0.25) is 0 Å². The molecule has 0 aliphatic rings. The van der Waals surface area contributed by atoms with E-state index in [0.717, 1.165) is 22.9 Å². The number of rotatable bonds is 7. The molecule has 0 saturated carbocycles. The molecule has 0 amide bonds. The third-order valence-electron chi connectivity index (χ3n) is 3.44. The first-order valence-corrected chi connectivity index (χ1v) is 7.06. The zero-order valence-electron chi connectivity index (χ0n) is 11.0. The fourth-order valence-electron chi connectivity index (χ4n) is 2.24. The van der Waals surface area contributed by atoms with Crippen LogP contribution in [0.1, 0.15) is 57.6 Å². The lowest BCUT2D eigenvalue weighted by molar-refractivity contribution is 0.388. The summed E-state index contributed by atoms with van der Waals surface area (Å²) in [4.78, 5) is 0. The molecule has 0 aromatic heterocycles. The van der Waals surface area contributed by atoms with Gasteiger partial charge in [-0.05, 0) is 24.0 Å². The molecule has 1 rings (SSSR count). The van der Waals surface area contributed by atoms with Crippen LogP contribution in [0, 0.1) is 5.92 Å². The van der Waals surface area contributed by atoms with Crippen molar-refractivity contribution in [3.8, 4) is 0 Å². The molecule has 0 radical (unpaired) electrons. The molecule has 1 nitrogen and oxygen atoms in total. The maximum atomic E-state index is 6.26. The highest BCUT2D eigenvalue weighted by atomic mass is 35.5. The normalized spacial score (nSPS) is 14.6. The van der Waals surface area contributed by atoms with Gasteiger partial charge in [0.05, 0.1) is 0 Å². The minimum absolute atomic E-state index is 0.0745. The highest BCUT2D eigenvalue weighted by molar-refractivity contribution is 6.31. The highest BCUT2D eigenvalue weighted by Crippen LogP contribution is 2.28. The van der Waals surface area contributed by atoms with Crippen LogP contribution in [0.15, 0.2) is 24.3 Å². The highest BCUT2D eigenvalue weighted by Gasteiger charge is 2.15. The maximum absolute atomic E-state index is 6.26. The smallest absolute Gasteiger partial charge is 0.0453 e. The Hall–Kier alpha value is -0.530. The average Bonchev–Trinajstić information content (AvgIpc) is 2.34. The van der Waals surface area contributed by atoms with Crippen molar-refractivity contribution in [1.29, 1.82) is 0 Å². The Balaban J connectivity index is 2.58. The molecule has 0 bridgehead atoms. The Morgan fingerprint density at radius 1 is 1.24 bits per heavy atom. The molecule has 0 spiro atoms. The summed E-state index contributed by atoms with van der Waals surface area (Å²) in [6.45, 7) is 4.49. The van der Waals surface area contributed by atoms with E-state index in [1.165, 1.54) is 25.7 Å². The molecule has 0 fully saturated rings. The quantitative estimate of drug-likeness (QED) is 0.731. The molecule has 17 heavy (non-hydrogen) atoms. The number of hydrogen-bond acceptors (Lipinski definition) is 1. The first kappa shape index (κ1) is 14.5. The summed E-state index contributed by atoms with van der Waals surface area (Å²) in [5.41, 5.74) is 7.35. The van der Waals surface area contributed by atoms with E-state index in [1.807, 2.05) is 24.3 Å². The molecule has 0 aliphatic carbocycles. The van der Waals surface area contributed by atoms with Gasteiger partial charge in [-0.15, -0.1) is 0 Å². The van der Waals surface area contributed by atoms with E-state index in [-0.39, 0.29) is 6.04 Å². The van der Waals surface area contributed by atoms with E-state index in [0.29, 0.717) is 0 Å². The predicted octanol–water partition coefficient (Wildman–Crippen LogP) is 4.95. The van der Waals surface area contributed by atoms with Gasteiger partial charge in [0.1, 0.15) is 0 Å². The lowest BCUT2D eigenvalue weighted by Gasteiger charge is -2.20. The summed E-state index contributed by atoms with van der Waals surface area (Å²) in [5.74, 6) is 0.723. The van der Waals surface area contributed by atoms with Crippen molar-refractivity contribution < 1.29 is 0 Å². The lowest BCUT2D eigenvalue weighted by Crippen LogP contribution is -2.15. The van der Waals surface area contributed by atoms with E-state index in [4.69, 9.17) is 17.3 Å². The van der Waals surface area contributed by atoms with Crippen molar-refractivity contribution in [3.05, 3.63) is 34.9 Å². The fraction of sp³-hybridized carbons (Fsp3) is 0.600. The Bertz CT molecular complexity index is 324. The molecular weight excluding hydrogens is 230 g/mol. The molecule has 1 aromatic rings. The molecule has 2 unspecified atom stereocenters. The van der Waals surface area contributed by atoms with Crippen LogP contribution >= 0.6 is 11.6 Å². The van der Waals surface area contributed by atoms with Gasteiger partial charge in [0.15, 0.2) is 0 Å². The van der Waals surface area contributed by atoms with Crippen LogP contribution in [0.5, 0.6) is 0 Å². The largest absolute Gasteiger partial charge is 0.324 e. The van der Waals surface area contributed by atoms with Crippen LogP contribution in [-0.4, -0.2) is 0 Å². The fourth-order valence-corrected chi connectivity index (χ4v) is 2.52. The number of unbranched alkanes of at least 4 members (excludes halogenated alkanes) is 1. The molecule has 0 heterocycles. The SMILES string of the molecule is CCCCC(CC)CC(N)c1ccccc1Cl. The van der Waals surface area contributed by atoms with Crippen LogP contribution in [0.25, 0.3) is 0 Å². The second kappa shape index (κ2) is 7.73. The Labute approximate surface area is 110 Å². The van der Waals surface area contributed by atoms with Gasteiger partial charge in [0.2, 0.25) is 0 Å². The van der Waals surface area contributed by atoms with Gasteiger partial charge in [0.25, 0.3) is 0 Å². The lowest BCUT2D eigenvalue weighted by atomic mass is 9.89. The zero-order valence-corrected chi connectivity index (χ0v) is 11.7. The molecule has 0 aliphatic heterocycles. The van der Waals surface area contributed by atoms with Crippen molar-refractivity contribution in [3.63, 3.8) is 0 Å². The van der Waals surface area contributed by atoms with Crippen LogP contribution in [0.4, 0.5) is 0 Å². The monoisotopic (exact) mass is 253 g/mol. The van der Waals surface area contributed by atoms with Gasteiger partial charge in [-0.1, -0.05) is 69.3 Å². The van der Waals surface area contributed by atoms with Crippen LogP contribution in [0.3, 0.4) is 0 Å². The van der Waals surface area contributed by atoms with Crippen LogP contribution < -0.4 is 5.73 Å². The summed E-state index contributed by atoms with van der Waals surface area (Å²) in [7, 11) is 0. The number of benzene rings is 1. The molecule has 1 aromatic carbocycles. The number of halogens is 1. The van der Waals surface area contributed by atoms with Gasteiger partial charge < -0.3 is 5.73 Å². The summed E-state index contributed by atoms with van der Waals surface area (Å²) >= 11 is 6.17. The molecule has 2 heteroatoms. The Morgan fingerprint density at radius 2 is 1.94 bits per heavy atom. The average molecular weight is 254 g/mol.